The molecule has 82 valence electrons. The smallest absolute Gasteiger partial charge is 0.333 e. The van der Waals surface area contributed by atoms with Crippen LogP contribution < -0.4 is 0 Å². The minimum Gasteiger partial charge on any atom is -0.466 e. The summed E-state index contributed by atoms with van der Waals surface area (Å²) >= 11 is 0. The van der Waals surface area contributed by atoms with Gasteiger partial charge in [-0.1, -0.05) is 39.2 Å². The molecule has 0 aliphatic heterocycles. The summed E-state index contributed by atoms with van der Waals surface area (Å²) in [7, 11) is 1.45. The highest BCUT2D eigenvalue weighted by Gasteiger charge is 2.07. The van der Waals surface area contributed by atoms with Crippen molar-refractivity contribution in [2.75, 3.05) is 7.11 Å². The monoisotopic (exact) mass is 198 g/mol. The summed E-state index contributed by atoms with van der Waals surface area (Å²) in [4.78, 5) is 11.3. The van der Waals surface area contributed by atoms with Crippen LogP contribution in [-0.4, -0.2) is 13.1 Å². The third kappa shape index (κ3) is 5.79. The molecule has 0 aliphatic carbocycles. The van der Waals surface area contributed by atoms with E-state index in [-0.39, 0.29) is 5.97 Å². The standard InChI is InChI=1S/C12H22O2/c1-4-6-8-10-11(9-7-5-2)12(13)14-3/h10H,4-9H2,1-3H3. The molecular weight excluding hydrogens is 176 g/mol. The number of ether oxygens (including phenoxy) is 1. The Bertz CT molecular complexity index is 183. The Hall–Kier alpha value is -0.790. The fraction of sp³-hybridized carbons (Fsp3) is 0.750. The number of rotatable bonds is 7. The molecule has 0 spiro atoms. The van der Waals surface area contributed by atoms with Gasteiger partial charge in [-0.15, -0.1) is 0 Å². The molecule has 0 aliphatic rings. The normalized spacial score (nSPS) is 11.5. The Morgan fingerprint density at radius 3 is 2.36 bits per heavy atom. The fourth-order valence-electron chi connectivity index (χ4n) is 1.27. The van der Waals surface area contributed by atoms with Gasteiger partial charge in [-0.2, -0.15) is 0 Å². The van der Waals surface area contributed by atoms with Crippen LogP contribution in [0.25, 0.3) is 0 Å². The molecule has 0 unspecified atom stereocenters. The molecule has 0 aromatic carbocycles. The van der Waals surface area contributed by atoms with Crippen molar-refractivity contribution in [2.24, 2.45) is 0 Å². The largest absolute Gasteiger partial charge is 0.466 e. The van der Waals surface area contributed by atoms with Gasteiger partial charge in [-0.05, 0) is 19.3 Å². The molecule has 0 N–H and O–H groups in total. The maximum Gasteiger partial charge on any atom is 0.333 e. The number of esters is 1. The van der Waals surface area contributed by atoms with Gasteiger partial charge in [0, 0.05) is 5.57 Å². The molecule has 0 saturated carbocycles. The lowest BCUT2D eigenvalue weighted by molar-refractivity contribution is -0.136. The van der Waals surface area contributed by atoms with Crippen molar-refractivity contribution >= 4 is 5.97 Å². The lowest BCUT2D eigenvalue weighted by Gasteiger charge is -2.04. The van der Waals surface area contributed by atoms with E-state index in [2.05, 4.69) is 13.8 Å². The van der Waals surface area contributed by atoms with Crippen molar-refractivity contribution < 1.29 is 9.53 Å². The SMILES string of the molecule is CCCCC=C(CCCC)C(=O)OC. The molecule has 0 heterocycles. The summed E-state index contributed by atoms with van der Waals surface area (Å²) in [5, 5.41) is 0. The zero-order chi connectivity index (χ0) is 10.8. The van der Waals surface area contributed by atoms with Gasteiger partial charge in [0.2, 0.25) is 0 Å². The fourth-order valence-corrected chi connectivity index (χ4v) is 1.27. The van der Waals surface area contributed by atoms with Crippen LogP contribution in [0.2, 0.25) is 0 Å². The topological polar surface area (TPSA) is 26.3 Å². The number of carbonyl (C=O) groups excluding carboxylic acids is 1. The molecule has 0 aromatic rings. The van der Waals surface area contributed by atoms with Crippen molar-refractivity contribution in [2.45, 2.75) is 52.4 Å². The van der Waals surface area contributed by atoms with Crippen LogP contribution in [0, 0.1) is 0 Å². The van der Waals surface area contributed by atoms with Gasteiger partial charge in [0.25, 0.3) is 0 Å². The first-order chi connectivity index (χ1) is 6.76. The summed E-state index contributed by atoms with van der Waals surface area (Å²) < 4.78 is 4.73. The van der Waals surface area contributed by atoms with Crippen LogP contribution in [0.4, 0.5) is 0 Å². The van der Waals surface area contributed by atoms with Gasteiger partial charge in [-0.25, -0.2) is 4.79 Å². The molecule has 0 fully saturated rings. The van der Waals surface area contributed by atoms with E-state index in [9.17, 15) is 4.79 Å². The summed E-state index contributed by atoms with van der Waals surface area (Å²) in [6.45, 7) is 4.28. The second kappa shape index (κ2) is 8.79. The molecule has 0 saturated heterocycles. The zero-order valence-electron chi connectivity index (χ0n) is 9.64. The van der Waals surface area contributed by atoms with E-state index < -0.39 is 0 Å². The Morgan fingerprint density at radius 1 is 1.21 bits per heavy atom. The summed E-state index contributed by atoms with van der Waals surface area (Å²) in [6, 6.07) is 0. The van der Waals surface area contributed by atoms with E-state index in [4.69, 9.17) is 4.74 Å². The van der Waals surface area contributed by atoms with Gasteiger partial charge in [0.05, 0.1) is 7.11 Å². The average molecular weight is 198 g/mol. The lowest BCUT2D eigenvalue weighted by atomic mass is 10.1. The Morgan fingerprint density at radius 2 is 1.86 bits per heavy atom. The van der Waals surface area contributed by atoms with E-state index in [1.54, 1.807) is 0 Å². The molecular formula is C12H22O2. The van der Waals surface area contributed by atoms with Crippen molar-refractivity contribution in [1.29, 1.82) is 0 Å². The van der Waals surface area contributed by atoms with Gasteiger partial charge >= 0.3 is 5.97 Å². The van der Waals surface area contributed by atoms with E-state index in [0.29, 0.717) is 0 Å². The zero-order valence-corrected chi connectivity index (χ0v) is 9.64. The van der Waals surface area contributed by atoms with E-state index >= 15 is 0 Å². The lowest BCUT2D eigenvalue weighted by Crippen LogP contribution is -2.04. The van der Waals surface area contributed by atoms with Crippen LogP contribution >= 0.6 is 0 Å². The van der Waals surface area contributed by atoms with Gasteiger partial charge in [-0.3, -0.25) is 0 Å². The molecule has 0 atom stereocenters. The predicted molar refractivity (Wildman–Crippen MR) is 59.1 cm³/mol. The van der Waals surface area contributed by atoms with Crippen molar-refractivity contribution in [3.8, 4) is 0 Å². The number of hydrogen-bond donors (Lipinski definition) is 0. The molecule has 0 rings (SSSR count). The minimum absolute atomic E-state index is 0.158. The molecule has 0 aromatic heterocycles. The van der Waals surface area contributed by atoms with Crippen molar-refractivity contribution in [3.63, 3.8) is 0 Å². The summed E-state index contributed by atoms with van der Waals surface area (Å²) in [6.07, 6.45) is 8.36. The first kappa shape index (κ1) is 13.2. The summed E-state index contributed by atoms with van der Waals surface area (Å²) in [5.41, 5.74) is 0.850. The highest BCUT2D eigenvalue weighted by molar-refractivity contribution is 5.88. The quantitative estimate of drug-likeness (QED) is 0.356. The maximum absolute atomic E-state index is 11.3. The second-order valence-electron chi connectivity index (χ2n) is 3.47. The highest BCUT2D eigenvalue weighted by Crippen LogP contribution is 2.11. The van der Waals surface area contributed by atoms with E-state index in [1.165, 1.54) is 13.5 Å². The van der Waals surface area contributed by atoms with Crippen molar-refractivity contribution in [1.82, 2.24) is 0 Å². The van der Waals surface area contributed by atoms with Gasteiger partial charge in [0.1, 0.15) is 0 Å². The van der Waals surface area contributed by atoms with Crippen molar-refractivity contribution in [3.05, 3.63) is 11.6 Å². The molecule has 0 amide bonds. The molecule has 0 radical (unpaired) electrons. The number of unbranched alkanes of at least 4 members (excludes halogenated alkanes) is 3. The minimum atomic E-state index is -0.158. The van der Waals surface area contributed by atoms with Gasteiger partial charge in [0.15, 0.2) is 0 Å². The Labute approximate surface area is 87.3 Å². The van der Waals surface area contributed by atoms with Crippen LogP contribution in [-0.2, 0) is 9.53 Å². The Kier molecular flexibility index (Phi) is 8.30. The van der Waals surface area contributed by atoms with Crippen LogP contribution in [0.1, 0.15) is 52.4 Å². The number of allylic oxidation sites excluding steroid dienone is 1. The summed E-state index contributed by atoms with van der Waals surface area (Å²) in [5.74, 6) is -0.158. The molecule has 14 heavy (non-hydrogen) atoms. The van der Waals surface area contributed by atoms with Crippen LogP contribution in [0.5, 0.6) is 0 Å². The number of carbonyl (C=O) groups is 1. The Balaban J connectivity index is 4.08. The third-order valence-corrected chi connectivity index (χ3v) is 2.20. The first-order valence-corrected chi connectivity index (χ1v) is 5.53. The van der Waals surface area contributed by atoms with E-state index in [1.807, 2.05) is 6.08 Å². The third-order valence-electron chi connectivity index (χ3n) is 2.20. The second-order valence-corrected chi connectivity index (χ2v) is 3.47. The van der Waals surface area contributed by atoms with Crippen LogP contribution in [0.3, 0.4) is 0 Å². The maximum atomic E-state index is 11.3. The van der Waals surface area contributed by atoms with Gasteiger partial charge < -0.3 is 4.74 Å². The molecule has 0 bridgehead atoms. The molecule has 2 heteroatoms. The number of hydrogen-bond acceptors (Lipinski definition) is 2. The predicted octanol–water partition coefficient (Wildman–Crippen LogP) is 3.47. The van der Waals surface area contributed by atoms with Crippen LogP contribution in [0.15, 0.2) is 11.6 Å². The highest BCUT2D eigenvalue weighted by atomic mass is 16.5. The number of methoxy groups -OCH3 is 1. The first-order valence-electron chi connectivity index (χ1n) is 5.53. The van der Waals surface area contributed by atoms with E-state index in [0.717, 1.165) is 37.7 Å². The molecule has 2 nitrogen and oxygen atoms in total. The average Bonchev–Trinajstić information content (AvgIpc) is 2.22.